The second kappa shape index (κ2) is 14.6. The smallest absolute Gasteiger partial charge is 0.408 e. The lowest BCUT2D eigenvalue weighted by Gasteiger charge is -2.35. The van der Waals surface area contributed by atoms with E-state index in [-0.39, 0.29) is 18.4 Å². The first-order valence-electron chi connectivity index (χ1n) is 12.9. The molecule has 2 atom stereocenters. The molecular weight excluding hydrogens is 474 g/mol. The second-order valence-electron chi connectivity index (χ2n) is 10.8. The Balaban J connectivity index is 3.52. The Labute approximate surface area is 221 Å². The van der Waals surface area contributed by atoms with Crippen molar-refractivity contribution in [2.24, 2.45) is 5.92 Å². The molecule has 0 heterocycles. The van der Waals surface area contributed by atoms with Crippen LogP contribution in [-0.4, -0.2) is 60.6 Å². The molecule has 0 aliphatic carbocycles. The van der Waals surface area contributed by atoms with Gasteiger partial charge in [-0.3, -0.25) is 14.4 Å². The number of amides is 3. The highest BCUT2D eigenvalue weighted by molar-refractivity contribution is 5.93. The van der Waals surface area contributed by atoms with Gasteiger partial charge in [0.15, 0.2) is 0 Å². The predicted molar refractivity (Wildman–Crippen MR) is 143 cm³/mol. The van der Waals surface area contributed by atoms with Gasteiger partial charge < -0.3 is 25.0 Å². The van der Waals surface area contributed by atoms with Gasteiger partial charge >= 0.3 is 12.1 Å². The van der Waals surface area contributed by atoms with Crippen LogP contribution in [0.5, 0.6) is 0 Å². The summed E-state index contributed by atoms with van der Waals surface area (Å²) in [5, 5.41) is 5.35. The lowest BCUT2D eigenvalue weighted by atomic mass is 9.96. The molecular formula is C28H45N3O6. The summed E-state index contributed by atoms with van der Waals surface area (Å²) in [5.74, 6) is -1.39. The number of nitrogens with zero attached hydrogens (tertiary/aromatic N) is 1. The van der Waals surface area contributed by atoms with Crippen LogP contribution in [0.1, 0.15) is 83.5 Å². The van der Waals surface area contributed by atoms with Crippen molar-refractivity contribution in [3.63, 3.8) is 0 Å². The number of aryl methyl sites for hydroxylation is 2. The van der Waals surface area contributed by atoms with Crippen molar-refractivity contribution < 1.29 is 28.7 Å². The molecule has 0 radical (unpaired) electrons. The zero-order chi connectivity index (χ0) is 28.3. The van der Waals surface area contributed by atoms with Crippen LogP contribution in [0.3, 0.4) is 0 Å². The van der Waals surface area contributed by atoms with Gasteiger partial charge in [0.25, 0.3) is 0 Å². The first kappa shape index (κ1) is 31.9. The fourth-order valence-electron chi connectivity index (χ4n) is 4.01. The molecule has 37 heavy (non-hydrogen) atoms. The van der Waals surface area contributed by atoms with Crippen molar-refractivity contribution in [1.29, 1.82) is 0 Å². The van der Waals surface area contributed by atoms with Gasteiger partial charge in [0.05, 0.1) is 7.11 Å². The highest BCUT2D eigenvalue weighted by Crippen LogP contribution is 2.26. The summed E-state index contributed by atoms with van der Waals surface area (Å²) in [5.41, 5.74) is 1.78. The number of rotatable bonds is 12. The lowest BCUT2D eigenvalue weighted by molar-refractivity contribution is -0.145. The zero-order valence-electron chi connectivity index (χ0n) is 23.9. The van der Waals surface area contributed by atoms with Crippen LogP contribution in [0.15, 0.2) is 18.2 Å². The van der Waals surface area contributed by atoms with Crippen LogP contribution >= 0.6 is 0 Å². The molecule has 1 aromatic rings. The van der Waals surface area contributed by atoms with E-state index in [2.05, 4.69) is 15.4 Å². The van der Waals surface area contributed by atoms with E-state index in [0.717, 1.165) is 17.5 Å². The topological polar surface area (TPSA) is 114 Å². The van der Waals surface area contributed by atoms with E-state index < -0.39 is 35.7 Å². The number of methoxy groups -OCH3 is 1. The molecule has 0 aliphatic heterocycles. The molecule has 0 aliphatic rings. The van der Waals surface area contributed by atoms with Crippen molar-refractivity contribution in [3.05, 3.63) is 34.9 Å². The average molecular weight is 520 g/mol. The SMILES string of the molecule is CCCCN(C(=O)C(CC(C)C)NC(=O)OC(C)(C)C)C(C(=O)NCC(=O)OC)c1cc(C)cc(C)c1. The Morgan fingerprint density at radius 1 is 1.03 bits per heavy atom. The van der Waals surface area contributed by atoms with Crippen molar-refractivity contribution in [2.75, 3.05) is 20.2 Å². The maximum atomic E-state index is 14.1. The van der Waals surface area contributed by atoms with E-state index in [1.807, 2.05) is 52.8 Å². The molecule has 1 rings (SSSR count). The van der Waals surface area contributed by atoms with E-state index in [1.165, 1.54) is 12.0 Å². The number of benzene rings is 1. The lowest BCUT2D eigenvalue weighted by Crippen LogP contribution is -2.54. The summed E-state index contributed by atoms with van der Waals surface area (Å²) < 4.78 is 10.1. The maximum Gasteiger partial charge on any atom is 0.408 e. The Hall–Kier alpha value is -3.10. The van der Waals surface area contributed by atoms with E-state index >= 15 is 0 Å². The zero-order valence-corrected chi connectivity index (χ0v) is 23.9. The van der Waals surface area contributed by atoms with Crippen molar-refractivity contribution >= 4 is 23.9 Å². The summed E-state index contributed by atoms with van der Waals surface area (Å²) in [6, 6.07) is 3.81. The largest absolute Gasteiger partial charge is 0.468 e. The highest BCUT2D eigenvalue weighted by atomic mass is 16.6. The molecule has 9 nitrogen and oxygen atoms in total. The molecule has 1 aromatic carbocycles. The van der Waals surface area contributed by atoms with Gasteiger partial charge in [-0.1, -0.05) is 56.5 Å². The second-order valence-corrected chi connectivity index (χ2v) is 10.8. The molecule has 0 bridgehead atoms. The Kier molecular flexibility index (Phi) is 12.6. The molecule has 0 fully saturated rings. The minimum atomic E-state index is -1.00. The first-order chi connectivity index (χ1) is 17.2. The van der Waals surface area contributed by atoms with E-state index in [9.17, 15) is 19.2 Å². The summed E-state index contributed by atoms with van der Waals surface area (Å²) in [7, 11) is 1.24. The van der Waals surface area contributed by atoms with Crippen LogP contribution < -0.4 is 10.6 Å². The number of hydrogen-bond donors (Lipinski definition) is 2. The normalized spacial score (nSPS) is 12.9. The minimum Gasteiger partial charge on any atom is -0.468 e. The van der Waals surface area contributed by atoms with Gasteiger partial charge in [-0.2, -0.15) is 0 Å². The summed E-state index contributed by atoms with van der Waals surface area (Å²) >= 11 is 0. The van der Waals surface area contributed by atoms with Gasteiger partial charge in [0.1, 0.15) is 24.2 Å². The fraction of sp³-hybridized carbons (Fsp3) is 0.643. The van der Waals surface area contributed by atoms with Gasteiger partial charge in [0.2, 0.25) is 11.8 Å². The molecule has 9 heteroatoms. The number of hydrogen-bond acceptors (Lipinski definition) is 6. The molecule has 3 amide bonds. The van der Waals surface area contributed by atoms with E-state index in [4.69, 9.17) is 4.74 Å². The standard InChI is InChI=1S/C28H45N3O6/c1-10-11-12-31(26(34)22(13-18(2)3)30-27(35)37-28(6,7)8)24(25(33)29-17-23(32)36-9)21-15-19(4)14-20(5)16-21/h14-16,18,22,24H,10-13,17H2,1-9H3,(H,29,33)(H,30,35). The number of esters is 1. The van der Waals surface area contributed by atoms with Gasteiger partial charge in [0, 0.05) is 6.54 Å². The van der Waals surface area contributed by atoms with E-state index in [0.29, 0.717) is 24.9 Å². The van der Waals surface area contributed by atoms with Crippen LogP contribution in [-0.2, 0) is 23.9 Å². The van der Waals surface area contributed by atoms with Gasteiger partial charge in [-0.15, -0.1) is 0 Å². The fourth-order valence-corrected chi connectivity index (χ4v) is 4.01. The number of unbranched alkanes of at least 4 members (excludes halogenated alkanes) is 1. The summed E-state index contributed by atoms with van der Waals surface area (Å²) in [6.45, 7) is 15.0. The number of carbonyl (C=O) groups excluding carboxylic acids is 4. The molecule has 2 N–H and O–H groups in total. The van der Waals surface area contributed by atoms with Crippen LogP contribution in [0.4, 0.5) is 4.79 Å². The van der Waals surface area contributed by atoms with E-state index in [1.54, 1.807) is 20.8 Å². The summed E-state index contributed by atoms with van der Waals surface area (Å²) in [4.78, 5) is 53.5. The Bertz CT molecular complexity index is 918. The molecule has 0 saturated carbocycles. The van der Waals surface area contributed by atoms with Crippen molar-refractivity contribution in [3.8, 4) is 0 Å². The third kappa shape index (κ3) is 11.2. The molecule has 208 valence electrons. The van der Waals surface area contributed by atoms with Crippen LogP contribution in [0.2, 0.25) is 0 Å². The van der Waals surface area contributed by atoms with Crippen molar-refractivity contribution in [1.82, 2.24) is 15.5 Å². The van der Waals surface area contributed by atoms with Gasteiger partial charge in [-0.25, -0.2) is 4.79 Å². The number of carbonyl (C=O) groups is 4. The highest BCUT2D eigenvalue weighted by Gasteiger charge is 2.36. The predicted octanol–water partition coefficient (Wildman–Crippen LogP) is 4.20. The third-order valence-electron chi connectivity index (χ3n) is 5.49. The molecule has 0 aromatic heterocycles. The maximum absolute atomic E-state index is 14.1. The Morgan fingerprint density at radius 2 is 1.62 bits per heavy atom. The number of nitrogens with one attached hydrogen (secondary N) is 2. The first-order valence-corrected chi connectivity index (χ1v) is 12.9. The quantitative estimate of drug-likeness (QED) is 0.400. The third-order valence-corrected chi connectivity index (χ3v) is 5.49. The van der Waals surface area contributed by atoms with Crippen LogP contribution in [0.25, 0.3) is 0 Å². The molecule has 0 spiro atoms. The van der Waals surface area contributed by atoms with Crippen LogP contribution in [0, 0.1) is 19.8 Å². The summed E-state index contributed by atoms with van der Waals surface area (Å²) in [6.07, 6.45) is 1.11. The molecule has 2 unspecified atom stereocenters. The number of ether oxygens (including phenoxy) is 2. The molecule has 0 saturated heterocycles. The minimum absolute atomic E-state index is 0.0877. The van der Waals surface area contributed by atoms with Gasteiger partial charge in [-0.05, 0) is 58.9 Å². The van der Waals surface area contributed by atoms with Crippen molar-refractivity contribution in [2.45, 2.75) is 92.3 Å². The average Bonchev–Trinajstić information content (AvgIpc) is 2.76. The monoisotopic (exact) mass is 519 g/mol. The Morgan fingerprint density at radius 3 is 2.11 bits per heavy atom. The number of alkyl carbamates (subject to hydrolysis) is 1.